The van der Waals surface area contributed by atoms with Gasteiger partial charge in [0.25, 0.3) is 0 Å². The van der Waals surface area contributed by atoms with E-state index in [1.54, 1.807) is 13.0 Å². The SMILES string of the molecule is CCOC(=O)CSc1ccc(S(=O)(=O)NC)cc1N. The fraction of sp³-hybridized carbons (Fsp3) is 0.364. The van der Waals surface area contributed by atoms with Crippen molar-refractivity contribution in [3.05, 3.63) is 18.2 Å². The van der Waals surface area contributed by atoms with Crippen LogP contribution in [0.3, 0.4) is 0 Å². The Labute approximate surface area is 116 Å². The molecule has 0 atom stereocenters. The molecule has 6 nitrogen and oxygen atoms in total. The Bertz CT molecular complexity index is 558. The van der Waals surface area contributed by atoms with Gasteiger partial charge in [0.2, 0.25) is 10.0 Å². The second-order valence-corrected chi connectivity index (χ2v) is 6.40. The third-order valence-corrected chi connectivity index (χ3v) is 4.69. The maximum Gasteiger partial charge on any atom is 0.316 e. The number of rotatable bonds is 6. The lowest BCUT2D eigenvalue weighted by atomic mass is 10.3. The lowest BCUT2D eigenvalue weighted by molar-refractivity contribution is -0.139. The molecule has 106 valence electrons. The van der Waals surface area contributed by atoms with Crippen molar-refractivity contribution in [1.29, 1.82) is 0 Å². The zero-order valence-electron chi connectivity index (χ0n) is 10.7. The standard InChI is InChI=1S/C11H16N2O4S2/c1-3-17-11(14)7-18-10-5-4-8(6-9(10)12)19(15,16)13-2/h4-6,13H,3,7,12H2,1-2H3. The zero-order valence-corrected chi connectivity index (χ0v) is 12.3. The van der Waals surface area contributed by atoms with E-state index in [1.807, 2.05) is 0 Å². The number of ether oxygens (including phenoxy) is 1. The molecule has 0 radical (unpaired) electrons. The number of benzene rings is 1. The van der Waals surface area contributed by atoms with Crippen LogP contribution >= 0.6 is 11.8 Å². The van der Waals surface area contributed by atoms with Gasteiger partial charge in [-0.2, -0.15) is 0 Å². The van der Waals surface area contributed by atoms with Gasteiger partial charge >= 0.3 is 5.97 Å². The van der Waals surface area contributed by atoms with Gasteiger partial charge in [-0.05, 0) is 32.2 Å². The van der Waals surface area contributed by atoms with Crippen molar-refractivity contribution < 1.29 is 17.9 Å². The van der Waals surface area contributed by atoms with E-state index in [-0.39, 0.29) is 16.6 Å². The fourth-order valence-electron chi connectivity index (χ4n) is 1.28. The summed E-state index contributed by atoms with van der Waals surface area (Å²) in [5.74, 6) is -0.199. The molecule has 0 amide bonds. The number of nitrogens with two attached hydrogens (primary N) is 1. The number of anilines is 1. The van der Waals surface area contributed by atoms with Crippen molar-refractivity contribution in [3.63, 3.8) is 0 Å². The molecule has 0 aliphatic heterocycles. The predicted molar refractivity (Wildman–Crippen MR) is 74.5 cm³/mol. The first-order valence-corrected chi connectivity index (χ1v) is 7.99. The maximum atomic E-state index is 11.6. The number of hydrogen-bond acceptors (Lipinski definition) is 6. The van der Waals surface area contributed by atoms with Crippen LogP contribution in [0.4, 0.5) is 5.69 Å². The summed E-state index contributed by atoms with van der Waals surface area (Å²) in [5.41, 5.74) is 6.08. The van der Waals surface area contributed by atoms with Crippen LogP contribution in [0.1, 0.15) is 6.92 Å². The summed E-state index contributed by atoms with van der Waals surface area (Å²) in [5, 5.41) is 0. The van der Waals surface area contributed by atoms with Crippen LogP contribution < -0.4 is 10.5 Å². The monoisotopic (exact) mass is 304 g/mol. The molecule has 0 aliphatic rings. The third kappa shape index (κ3) is 4.41. The van der Waals surface area contributed by atoms with Crippen molar-refractivity contribution >= 4 is 33.4 Å². The quantitative estimate of drug-likeness (QED) is 0.459. The van der Waals surface area contributed by atoms with E-state index < -0.39 is 10.0 Å². The smallest absolute Gasteiger partial charge is 0.316 e. The molecule has 0 saturated heterocycles. The molecule has 0 fully saturated rings. The molecule has 8 heteroatoms. The van der Waals surface area contributed by atoms with E-state index in [9.17, 15) is 13.2 Å². The summed E-state index contributed by atoms with van der Waals surface area (Å²) >= 11 is 1.21. The van der Waals surface area contributed by atoms with Gasteiger partial charge < -0.3 is 10.5 Å². The van der Waals surface area contributed by atoms with Crippen LogP contribution in [0.25, 0.3) is 0 Å². The molecular weight excluding hydrogens is 288 g/mol. The molecule has 0 unspecified atom stereocenters. The van der Waals surface area contributed by atoms with E-state index in [0.717, 1.165) is 0 Å². The number of nitrogen functional groups attached to an aromatic ring is 1. The second-order valence-electron chi connectivity index (χ2n) is 3.50. The molecule has 0 aromatic heterocycles. The molecule has 0 heterocycles. The molecule has 1 rings (SSSR count). The normalized spacial score (nSPS) is 11.3. The van der Waals surface area contributed by atoms with E-state index in [2.05, 4.69) is 4.72 Å². The summed E-state index contributed by atoms with van der Waals surface area (Å²) in [7, 11) is -2.18. The van der Waals surface area contributed by atoms with Crippen LogP contribution in [-0.2, 0) is 19.6 Å². The molecule has 0 bridgehead atoms. The number of hydrogen-bond donors (Lipinski definition) is 2. The Hall–Kier alpha value is -1.25. The second kappa shape index (κ2) is 6.78. The minimum atomic E-state index is -3.51. The zero-order chi connectivity index (χ0) is 14.5. The van der Waals surface area contributed by atoms with Crippen LogP contribution in [0.5, 0.6) is 0 Å². The van der Waals surface area contributed by atoms with Gasteiger partial charge in [0, 0.05) is 10.6 Å². The number of carbonyl (C=O) groups excluding carboxylic acids is 1. The highest BCUT2D eigenvalue weighted by Gasteiger charge is 2.13. The molecule has 1 aromatic rings. The molecule has 0 aliphatic carbocycles. The van der Waals surface area contributed by atoms with Crippen molar-refractivity contribution in [2.24, 2.45) is 0 Å². The first-order chi connectivity index (χ1) is 8.90. The van der Waals surface area contributed by atoms with Crippen LogP contribution in [-0.4, -0.2) is 33.8 Å². The topological polar surface area (TPSA) is 98.5 Å². The molecular formula is C11H16N2O4S2. The Morgan fingerprint density at radius 2 is 2.16 bits per heavy atom. The van der Waals surface area contributed by atoms with Crippen molar-refractivity contribution in [3.8, 4) is 0 Å². The van der Waals surface area contributed by atoms with E-state index in [4.69, 9.17) is 10.5 Å². The summed E-state index contributed by atoms with van der Waals surface area (Å²) < 4.78 is 30.1. The van der Waals surface area contributed by atoms with Gasteiger partial charge in [0.05, 0.1) is 17.3 Å². The maximum absolute atomic E-state index is 11.6. The van der Waals surface area contributed by atoms with Crippen molar-refractivity contribution in [2.75, 3.05) is 25.1 Å². The van der Waals surface area contributed by atoms with Crippen LogP contribution in [0, 0.1) is 0 Å². The molecule has 1 aromatic carbocycles. The summed E-state index contributed by atoms with van der Waals surface area (Å²) in [6, 6.07) is 4.37. The lowest BCUT2D eigenvalue weighted by Gasteiger charge is -2.08. The lowest BCUT2D eigenvalue weighted by Crippen LogP contribution is -2.18. The fourth-order valence-corrected chi connectivity index (χ4v) is 2.79. The number of carbonyl (C=O) groups is 1. The van der Waals surface area contributed by atoms with Gasteiger partial charge in [-0.3, -0.25) is 4.79 Å². The Morgan fingerprint density at radius 1 is 1.47 bits per heavy atom. The van der Waals surface area contributed by atoms with E-state index >= 15 is 0 Å². The summed E-state index contributed by atoms with van der Waals surface area (Å²) in [6.07, 6.45) is 0. The average molecular weight is 304 g/mol. The Kier molecular flexibility index (Phi) is 5.64. The minimum Gasteiger partial charge on any atom is -0.465 e. The Morgan fingerprint density at radius 3 is 2.68 bits per heavy atom. The van der Waals surface area contributed by atoms with E-state index in [0.29, 0.717) is 17.2 Å². The van der Waals surface area contributed by atoms with Crippen LogP contribution in [0.15, 0.2) is 28.0 Å². The van der Waals surface area contributed by atoms with Crippen molar-refractivity contribution in [2.45, 2.75) is 16.7 Å². The molecule has 19 heavy (non-hydrogen) atoms. The van der Waals surface area contributed by atoms with Gasteiger partial charge in [-0.1, -0.05) is 0 Å². The number of nitrogens with one attached hydrogen (secondary N) is 1. The molecule has 3 N–H and O–H groups in total. The highest BCUT2D eigenvalue weighted by molar-refractivity contribution is 8.00. The number of thioether (sulfide) groups is 1. The van der Waals surface area contributed by atoms with Gasteiger partial charge in [0.15, 0.2) is 0 Å². The number of sulfonamides is 1. The first kappa shape index (κ1) is 15.8. The highest BCUT2D eigenvalue weighted by Crippen LogP contribution is 2.27. The molecule has 0 saturated carbocycles. The van der Waals surface area contributed by atoms with Crippen LogP contribution in [0.2, 0.25) is 0 Å². The average Bonchev–Trinajstić information content (AvgIpc) is 2.37. The van der Waals surface area contributed by atoms with E-state index in [1.165, 1.54) is 30.9 Å². The third-order valence-electron chi connectivity index (χ3n) is 2.21. The number of esters is 1. The van der Waals surface area contributed by atoms with Crippen molar-refractivity contribution in [1.82, 2.24) is 4.72 Å². The predicted octanol–water partition coefficient (Wildman–Crippen LogP) is 0.832. The Balaban J connectivity index is 2.81. The summed E-state index contributed by atoms with van der Waals surface area (Å²) in [6.45, 7) is 2.06. The first-order valence-electron chi connectivity index (χ1n) is 5.52. The van der Waals surface area contributed by atoms with Gasteiger partial charge in [0.1, 0.15) is 0 Å². The van der Waals surface area contributed by atoms with Gasteiger partial charge in [-0.15, -0.1) is 11.8 Å². The highest BCUT2D eigenvalue weighted by atomic mass is 32.2. The largest absolute Gasteiger partial charge is 0.465 e. The summed E-state index contributed by atoms with van der Waals surface area (Å²) in [4.78, 5) is 11.9. The van der Waals surface area contributed by atoms with Gasteiger partial charge in [-0.25, -0.2) is 13.1 Å². The minimum absolute atomic E-state index is 0.0907. The molecule has 0 spiro atoms.